The van der Waals surface area contributed by atoms with Crippen LogP contribution in [0, 0.1) is 0 Å². The summed E-state index contributed by atoms with van der Waals surface area (Å²) in [6.45, 7) is 44.3. The van der Waals surface area contributed by atoms with Crippen molar-refractivity contribution in [2.75, 3.05) is 139 Å². The Bertz CT molecular complexity index is 3330. The van der Waals surface area contributed by atoms with Gasteiger partial charge in [0.05, 0.1) is 28.4 Å². The van der Waals surface area contributed by atoms with Gasteiger partial charge in [0, 0.05) is 81.7 Å². The molecule has 0 saturated carbocycles. The van der Waals surface area contributed by atoms with Gasteiger partial charge in [-0.3, -0.25) is 47.9 Å². The number of rotatable bonds is 31. The summed E-state index contributed by atoms with van der Waals surface area (Å²) in [6, 6.07) is 0. The van der Waals surface area contributed by atoms with Crippen molar-refractivity contribution in [2.24, 2.45) is 11.5 Å². The first-order valence-electron chi connectivity index (χ1n) is 32.8. The van der Waals surface area contributed by atoms with E-state index in [0.717, 1.165) is 117 Å². The molecule has 0 fully saturated rings. The van der Waals surface area contributed by atoms with Crippen LogP contribution in [0.4, 0.5) is 28.4 Å². The van der Waals surface area contributed by atoms with Crippen LogP contribution in [0.2, 0.25) is 0 Å². The van der Waals surface area contributed by atoms with E-state index in [0.29, 0.717) is 75.9 Å². The summed E-state index contributed by atoms with van der Waals surface area (Å²) in [7, 11) is 9.53. The Morgan fingerprint density at radius 1 is 0.311 bits per heavy atom. The first-order chi connectivity index (χ1) is 41.6. The van der Waals surface area contributed by atoms with Gasteiger partial charge < -0.3 is 52.3 Å². The van der Waals surface area contributed by atoms with Gasteiger partial charge in [-0.1, -0.05) is 118 Å². The molecule has 0 heterocycles. The van der Waals surface area contributed by atoms with Crippen LogP contribution in [0.25, 0.3) is 0 Å². The van der Waals surface area contributed by atoms with Crippen molar-refractivity contribution in [3.63, 3.8) is 0 Å². The summed E-state index contributed by atoms with van der Waals surface area (Å²) in [5.41, 5.74) is 12.4. The second-order valence-corrected chi connectivity index (χ2v) is 29.1. The van der Waals surface area contributed by atoms with Gasteiger partial charge >= 0.3 is 0 Å². The number of nitrogens with two attached hydrogens (primary N) is 2. The quantitative estimate of drug-likeness (QED) is 0.0218. The Labute approximate surface area is 537 Å². The maximum atomic E-state index is 11.9. The van der Waals surface area contributed by atoms with E-state index in [9.17, 15) is 47.9 Å². The fraction of sp³-hybridized carbons (Fsp3) is 0.714. The van der Waals surface area contributed by atoms with Crippen LogP contribution in [-0.2, 0) is 27.1 Å². The second-order valence-electron chi connectivity index (χ2n) is 29.1. The SMILES string of the molecule is CC(C)(C)c1c(NCCCCN)c(=O)c1=O.CCCN(CCC)CCCN(C)c1c(C(C)(C)C)c(=O)c1=O.CN(CCCCN)c1c(C(C)(C)C)c(=O)c1=O.CNCCCCN(C)c1c(C(C)(C)C)c(=O)c1=O.CNCCCCNc1c(C(C)(C)C)c(=O)c1=O. The van der Waals surface area contributed by atoms with E-state index in [1.54, 1.807) is 0 Å². The molecule has 510 valence electrons. The van der Waals surface area contributed by atoms with Crippen molar-refractivity contribution in [3.8, 4) is 0 Å². The second kappa shape index (κ2) is 37.0. The molecule has 0 aliphatic heterocycles. The number of hydrogen-bond donors (Lipinski definition) is 6. The van der Waals surface area contributed by atoms with Crippen molar-refractivity contribution in [3.05, 3.63) is 130 Å². The van der Waals surface area contributed by atoms with E-state index in [1.165, 1.54) is 12.8 Å². The van der Waals surface area contributed by atoms with E-state index in [4.69, 9.17) is 11.5 Å². The molecule has 0 aliphatic carbocycles. The van der Waals surface area contributed by atoms with Gasteiger partial charge in [-0.05, 0) is 158 Å². The number of unbranched alkanes of at least 4 members (excludes halogenated alkanes) is 4. The lowest BCUT2D eigenvalue weighted by molar-refractivity contribution is 0.272. The first-order valence-corrected chi connectivity index (χ1v) is 32.8. The summed E-state index contributed by atoms with van der Waals surface area (Å²) in [4.78, 5) is 124. The van der Waals surface area contributed by atoms with Crippen LogP contribution in [-0.4, -0.2) is 119 Å². The van der Waals surface area contributed by atoms with Gasteiger partial charge in [0.25, 0.3) is 0 Å². The molecule has 0 aliphatic rings. The lowest BCUT2D eigenvalue weighted by Crippen LogP contribution is -2.47. The summed E-state index contributed by atoms with van der Waals surface area (Å²) >= 11 is 0. The topological polar surface area (TPSA) is 284 Å². The Morgan fingerprint density at radius 3 is 0.856 bits per heavy atom. The van der Waals surface area contributed by atoms with Crippen LogP contribution in [0.5, 0.6) is 0 Å². The maximum Gasteiger partial charge on any atom is 0.249 e. The van der Waals surface area contributed by atoms with Crippen LogP contribution in [0.1, 0.15) is 216 Å². The standard InChI is InChI=1S/C18H32N2O2.C14H24N2O2.2C13H22N2O2.C12H20N2O2/c1-7-10-20(11-8-2)13-9-12-19(6)15-14(18(3,4)5)16(21)17(15)22;1-14(2,3)10-11(13(18)12(10)17)16(5)9-7-6-8-15-4;1-13(2,3)9-10(12(17)11(9)16)15(4)8-6-5-7-14;1-13(2,3)9-10(12(17)11(9)16)15-8-6-5-7-14-4;1-12(2,3)8-9(11(16)10(8)15)14-7-5-4-6-13/h7-13H2,1-6H3;15H,6-9H2,1-5H3;5-8,14H2,1-4H3;14-15H,5-8H2,1-4H3;14H,4-7,13H2,1-3H3. The van der Waals surface area contributed by atoms with Gasteiger partial charge in [0.1, 0.15) is 0 Å². The molecule has 0 aromatic heterocycles. The average molecular weight is 1260 g/mol. The van der Waals surface area contributed by atoms with Crippen molar-refractivity contribution >= 4 is 28.4 Å². The zero-order chi connectivity index (χ0) is 69.4. The molecule has 0 spiro atoms. The third-order valence-electron chi connectivity index (χ3n) is 15.6. The molecular weight excluding hydrogens is 1140 g/mol. The molecule has 0 unspecified atom stereocenters. The molecule has 0 bridgehead atoms. The summed E-state index contributed by atoms with van der Waals surface area (Å²) in [5.74, 6) is 0. The minimum atomic E-state index is -0.377. The van der Waals surface area contributed by atoms with E-state index in [-0.39, 0.29) is 81.4 Å². The first kappa shape index (κ1) is 82.2. The van der Waals surface area contributed by atoms with E-state index in [2.05, 4.69) is 40.0 Å². The van der Waals surface area contributed by atoms with Crippen LogP contribution in [0.15, 0.2) is 47.9 Å². The molecule has 20 nitrogen and oxygen atoms in total. The van der Waals surface area contributed by atoms with Gasteiger partial charge in [-0.2, -0.15) is 0 Å². The van der Waals surface area contributed by atoms with Gasteiger partial charge in [0.2, 0.25) is 54.3 Å². The Balaban J connectivity index is 0.000000565. The molecule has 20 heteroatoms. The third-order valence-corrected chi connectivity index (χ3v) is 15.6. The fourth-order valence-electron chi connectivity index (χ4n) is 11.0. The van der Waals surface area contributed by atoms with Crippen LogP contribution < -0.4 is 102 Å². The normalized spacial score (nSPS) is 12.1. The van der Waals surface area contributed by atoms with Crippen molar-refractivity contribution in [1.82, 2.24) is 15.5 Å². The van der Waals surface area contributed by atoms with E-state index < -0.39 is 0 Å². The predicted molar refractivity (Wildman–Crippen MR) is 382 cm³/mol. The molecule has 0 atom stereocenters. The molecule has 90 heavy (non-hydrogen) atoms. The van der Waals surface area contributed by atoms with E-state index in [1.807, 2.05) is 154 Å². The molecule has 5 aromatic carbocycles. The minimum absolute atomic E-state index is 0.250. The molecule has 0 radical (unpaired) electrons. The van der Waals surface area contributed by atoms with Gasteiger partial charge in [-0.25, -0.2) is 0 Å². The van der Waals surface area contributed by atoms with Crippen LogP contribution >= 0.6 is 0 Å². The van der Waals surface area contributed by atoms with Crippen molar-refractivity contribution < 1.29 is 0 Å². The molecular formula is C70H120N10O10. The van der Waals surface area contributed by atoms with Crippen molar-refractivity contribution in [1.29, 1.82) is 0 Å². The monoisotopic (exact) mass is 1260 g/mol. The average Bonchev–Trinajstić information content (AvgIpc) is 0.823. The van der Waals surface area contributed by atoms with Gasteiger partial charge in [-0.15, -0.1) is 0 Å². The van der Waals surface area contributed by atoms with Gasteiger partial charge in [0.15, 0.2) is 0 Å². The highest BCUT2D eigenvalue weighted by molar-refractivity contribution is 5.63. The highest BCUT2D eigenvalue weighted by atomic mass is 16.2. The lowest BCUT2D eigenvalue weighted by Gasteiger charge is -2.30. The maximum absolute atomic E-state index is 11.9. The molecule has 0 amide bonds. The zero-order valence-electron chi connectivity index (χ0n) is 59.8. The van der Waals surface area contributed by atoms with E-state index >= 15 is 0 Å². The molecule has 0 saturated heterocycles. The summed E-state index contributed by atoms with van der Waals surface area (Å²) in [6.07, 6.45) is 11.2. The highest BCUT2D eigenvalue weighted by Gasteiger charge is 2.35. The smallest absolute Gasteiger partial charge is 0.249 e. The number of anilines is 5. The molecule has 8 N–H and O–H groups in total. The Kier molecular flexibility index (Phi) is 33.8. The number of nitrogens with zero attached hydrogens (tertiary/aromatic N) is 4. The zero-order valence-corrected chi connectivity index (χ0v) is 59.8. The van der Waals surface area contributed by atoms with Crippen molar-refractivity contribution in [2.45, 2.75) is 215 Å². The minimum Gasteiger partial charge on any atom is -0.381 e. The Morgan fingerprint density at radius 2 is 0.567 bits per heavy atom. The largest absolute Gasteiger partial charge is 0.381 e. The third kappa shape index (κ3) is 23.4. The lowest BCUT2D eigenvalue weighted by atomic mass is 9.82. The predicted octanol–water partition coefficient (Wildman–Crippen LogP) is 6.02. The highest BCUT2D eigenvalue weighted by Crippen LogP contribution is 2.31. The molecule has 5 aromatic rings. The summed E-state index contributed by atoms with van der Waals surface area (Å²) in [5, 5.41) is 12.3. The molecule has 5 rings (SSSR count). The Hall–Kier alpha value is -5.80. The number of nitrogens with one attached hydrogen (secondary N) is 4. The summed E-state index contributed by atoms with van der Waals surface area (Å²) < 4.78 is 0. The number of hydrogen-bond acceptors (Lipinski definition) is 20. The fourth-order valence-corrected chi connectivity index (χ4v) is 11.0. The van der Waals surface area contributed by atoms with Crippen LogP contribution in [0.3, 0.4) is 0 Å².